The van der Waals surface area contributed by atoms with Crippen LogP contribution in [-0.2, 0) is 18.6 Å². The van der Waals surface area contributed by atoms with Crippen LogP contribution in [0, 0.1) is 39.9 Å². The van der Waals surface area contributed by atoms with Crippen LogP contribution in [0.15, 0.2) is 0 Å². The molecule has 0 aliphatic heterocycles. The van der Waals surface area contributed by atoms with E-state index in [0.717, 1.165) is 0 Å². The van der Waals surface area contributed by atoms with E-state index >= 15 is 0 Å². The largest absolute Gasteiger partial charge is 0.412 e. The number of rotatable bonds is 0. The van der Waals surface area contributed by atoms with E-state index in [1.54, 1.807) is 0 Å². The Morgan fingerprint density at radius 3 is 1.00 bits per heavy atom. The predicted molar refractivity (Wildman–Crippen MR) is 14.7 cm³/mol. The summed E-state index contributed by atoms with van der Waals surface area (Å²) in [4.78, 5) is 0. The van der Waals surface area contributed by atoms with Crippen molar-refractivity contribution in [2.75, 3.05) is 0 Å². The third-order valence-electron chi connectivity index (χ3n) is 0. The van der Waals surface area contributed by atoms with Crippen LogP contribution < -0.4 is 0 Å². The number of hydrogen-bond donors (Lipinski definition) is 0. The van der Waals surface area contributed by atoms with Crippen molar-refractivity contribution in [1.82, 2.24) is 0 Å². The van der Waals surface area contributed by atoms with Crippen molar-refractivity contribution in [1.29, 1.82) is 0 Å². The first-order valence-corrected chi connectivity index (χ1v) is 0. The predicted octanol–water partition coefficient (Wildman–Crippen LogP) is -0.769. The smallest absolute Gasteiger partial charge is 0 e. The second-order valence-corrected chi connectivity index (χ2v) is 0. The Morgan fingerprint density at radius 1 is 1.00 bits per heavy atom. The van der Waals surface area contributed by atoms with Crippen LogP contribution in [0.2, 0.25) is 0 Å². The second kappa shape index (κ2) is 18.5. The molecule has 0 fully saturated rings. The zero-order valence-corrected chi connectivity index (χ0v) is 9.08. The topological polar surface area (TPSA) is 31.5 Å². The van der Waals surface area contributed by atoms with Crippen LogP contribution in [-0.4, -0.2) is 5.48 Å². The van der Waals surface area contributed by atoms with Crippen molar-refractivity contribution in [3.05, 3.63) is 0 Å². The molecule has 0 spiro atoms. The van der Waals surface area contributed by atoms with Crippen LogP contribution in [0.3, 0.4) is 0 Å². The Morgan fingerprint density at radius 2 is 1.00 bits per heavy atom. The molecular weight excluding hydrogens is 330 g/mol. The van der Waals surface area contributed by atoms with E-state index in [1.165, 1.54) is 0 Å². The molecule has 0 amide bonds. The van der Waals surface area contributed by atoms with Gasteiger partial charge in [-0.3, -0.25) is 0 Å². The van der Waals surface area contributed by atoms with Gasteiger partial charge >= 0.3 is 0 Å². The van der Waals surface area contributed by atoms with E-state index in [0.29, 0.717) is 0 Å². The van der Waals surface area contributed by atoms with Crippen LogP contribution in [0.25, 0.3) is 0 Å². The summed E-state index contributed by atoms with van der Waals surface area (Å²) in [5, 5.41) is 0. The van der Waals surface area contributed by atoms with Crippen molar-refractivity contribution in [2.24, 2.45) is 0 Å². The van der Waals surface area contributed by atoms with E-state index < -0.39 is 0 Å². The molecule has 4 heteroatoms. The summed E-state index contributed by atoms with van der Waals surface area (Å²) >= 11 is 0. The maximum Gasteiger partial charge on any atom is 0 e. The Labute approximate surface area is 72.8 Å². The van der Waals surface area contributed by atoms with Gasteiger partial charge in [0.15, 0.2) is 0 Å². The average Bonchev–Trinajstić information content (AvgIpc) is 0. The standard InChI is InChI=1S/H2O.H3P.Th.V/h1H2;1H3;;. The molecule has 25 valence electrons. The maximum atomic E-state index is 0. The van der Waals surface area contributed by atoms with Crippen molar-refractivity contribution in [3.8, 4) is 0 Å². The minimum Gasteiger partial charge on any atom is -0.412 e. The van der Waals surface area contributed by atoms with Gasteiger partial charge in [0.2, 0.25) is 0 Å². The summed E-state index contributed by atoms with van der Waals surface area (Å²) < 4.78 is 0. The summed E-state index contributed by atoms with van der Waals surface area (Å²) in [6.45, 7) is 0. The fraction of sp³-hybridized carbons (Fsp3) is 0. The van der Waals surface area contributed by atoms with E-state index in [2.05, 4.69) is 0 Å². The Hall–Kier alpha value is 2.30. The molecule has 0 saturated carbocycles. The van der Waals surface area contributed by atoms with Gasteiger partial charge in [0.1, 0.15) is 0 Å². The molecule has 0 saturated heterocycles. The van der Waals surface area contributed by atoms with Crippen LogP contribution >= 0.6 is 9.90 Å². The quantitative estimate of drug-likeness (QED) is 0.521. The molecule has 0 aromatic heterocycles. The van der Waals surface area contributed by atoms with E-state index in [1.807, 2.05) is 0 Å². The molecule has 4 heavy (non-hydrogen) atoms. The Kier molecular flexibility index (Phi) is 155. The minimum absolute atomic E-state index is 0. The van der Waals surface area contributed by atoms with Gasteiger partial charge in [-0.2, -0.15) is 9.90 Å². The normalized spacial score (nSPS) is 0. The molecule has 0 rings (SSSR count). The Balaban J connectivity index is 0. The molecule has 2 N–H and O–H groups in total. The third-order valence-corrected chi connectivity index (χ3v) is 0. The van der Waals surface area contributed by atoms with E-state index in [4.69, 9.17) is 0 Å². The van der Waals surface area contributed by atoms with Crippen molar-refractivity contribution < 1.29 is 64.0 Å². The van der Waals surface area contributed by atoms with Gasteiger partial charge in [0.05, 0.1) is 0 Å². The molecule has 0 heterocycles. The zero-order valence-electron chi connectivity index (χ0n) is 2.15. The molecular formula is H5OPThV. The average molecular weight is 335 g/mol. The minimum atomic E-state index is 0. The van der Waals surface area contributed by atoms with Gasteiger partial charge in [-0.05, 0) is 0 Å². The first-order valence-electron chi connectivity index (χ1n) is 0. The summed E-state index contributed by atoms with van der Waals surface area (Å²) in [6, 6.07) is 0. The molecule has 0 aromatic rings. The SMILES string of the molecule is O.P.[Th].[V]. The summed E-state index contributed by atoms with van der Waals surface area (Å²) in [5.41, 5.74) is 0. The maximum absolute atomic E-state index is 0. The van der Waals surface area contributed by atoms with Gasteiger partial charge in [-0.25, -0.2) is 0 Å². The summed E-state index contributed by atoms with van der Waals surface area (Å²) in [6.07, 6.45) is 0. The van der Waals surface area contributed by atoms with Gasteiger partial charge in [0, 0.05) is 58.5 Å². The van der Waals surface area contributed by atoms with E-state index in [-0.39, 0.29) is 73.9 Å². The molecule has 1 atom stereocenters. The molecule has 1 nitrogen and oxygen atoms in total. The molecule has 0 aliphatic carbocycles. The molecule has 1 unspecified atom stereocenters. The second-order valence-electron chi connectivity index (χ2n) is 0. The van der Waals surface area contributed by atoms with Crippen LogP contribution in [0.4, 0.5) is 0 Å². The van der Waals surface area contributed by atoms with Crippen molar-refractivity contribution >= 4 is 9.90 Å². The summed E-state index contributed by atoms with van der Waals surface area (Å²) in [5.74, 6) is 0. The van der Waals surface area contributed by atoms with Crippen molar-refractivity contribution in [2.45, 2.75) is 0 Å². The fourth-order valence-corrected chi connectivity index (χ4v) is 0. The monoisotopic (exact) mass is 335 g/mol. The first kappa shape index (κ1) is 33.5. The van der Waals surface area contributed by atoms with Crippen molar-refractivity contribution in [3.63, 3.8) is 0 Å². The van der Waals surface area contributed by atoms with Gasteiger partial charge in [-0.15, -0.1) is 0 Å². The first-order chi connectivity index (χ1) is 0. The summed E-state index contributed by atoms with van der Waals surface area (Å²) in [7, 11) is 0. The van der Waals surface area contributed by atoms with Crippen LogP contribution in [0.1, 0.15) is 0 Å². The number of hydrogen-bond acceptors (Lipinski definition) is 0. The third kappa shape index (κ3) is 8.85. The van der Waals surface area contributed by atoms with Crippen LogP contribution in [0.5, 0.6) is 0 Å². The molecule has 0 aromatic carbocycles. The molecule has 0 aliphatic rings. The zero-order chi connectivity index (χ0) is 0. The fourth-order valence-electron chi connectivity index (χ4n) is 0. The van der Waals surface area contributed by atoms with Gasteiger partial charge in [-0.1, -0.05) is 0 Å². The Bertz CT molecular complexity index is 8.00. The van der Waals surface area contributed by atoms with E-state index in [9.17, 15) is 0 Å². The molecule has 1 radical (unpaired) electrons. The van der Waals surface area contributed by atoms with Gasteiger partial charge < -0.3 is 5.48 Å². The molecule has 0 bridgehead atoms. The van der Waals surface area contributed by atoms with Gasteiger partial charge in [0.25, 0.3) is 0 Å².